The van der Waals surface area contributed by atoms with Crippen molar-refractivity contribution in [3.05, 3.63) is 68.7 Å². The third-order valence-electron chi connectivity index (χ3n) is 3.44. The first kappa shape index (κ1) is 18.9. The molecule has 0 aliphatic heterocycles. The standard InChI is InChI=1S/C19H22Cl2N2O/c1-22(2)11-13-5-14(12-23(3)4)7-15(6-13)19(24)16-8-17(20)10-18(21)9-16/h5-10H,11-12H2,1-4H3. The normalized spacial score (nSPS) is 11.3. The molecule has 0 unspecified atom stereocenters. The Morgan fingerprint density at radius 3 is 1.58 bits per heavy atom. The fourth-order valence-corrected chi connectivity index (χ4v) is 3.18. The molecule has 5 heteroatoms. The van der Waals surface area contributed by atoms with Crippen LogP contribution in [0.15, 0.2) is 36.4 Å². The first-order chi connectivity index (χ1) is 11.2. The highest BCUT2D eigenvalue weighted by molar-refractivity contribution is 6.35. The summed E-state index contributed by atoms with van der Waals surface area (Å²) in [5.41, 5.74) is 3.38. The number of halogens is 2. The molecule has 0 fully saturated rings. The lowest BCUT2D eigenvalue weighted by molar-refractivity contribution is 0.103. The summed E-state index contributed by atoms with van der Waals surface area (Å²) in [4.78, 5) is 17.0. The van der Waals surface area contributed by atoms with Crippen molar-refractivity contribution in [3.8, 4) is 0 Å². The van der Waals surface area contributed by atoms with Crippen LogP contribution in [0.5, 0.6) is 0 Å². The van der Waals surface area contributed by atoms with E-state index in [0.29, 0.717) is 21.2 Å². The summed E-state index contributed by atoms with van der Waals surface area (Å²) >= 11 is 12.1. The van der Waals surface area contributed by atoms with Crippen molar-refractivity contribution in [2.75, 3.05) is 28.2 Å². The van der Waals surface area contributed by atoms with E-state index >= 15 is 0 Å². The Balaban J connectivity index is 2.44. The van der Waals surface area contributed by atoms with E-state index in [9.17, 15) is 4.79 Å². The molecule has 0 saturated heterocycles. The van der Waals surface area contributed by atoms with Crippen LogP contribution in [0.4, 0.5) is 0 Å². The largest absolute Gasteiger partial charge is 0.305 e. The minimum absolute atomic E-state index is 0.0694. The van der Waals surface area contributed by atoms with Crippen molar-refractivity contribution >= 4 is 29.0 Å². The van der Waals surface area contributed by atoms with Crippen molar-refractivity contribution in [1.82, 2.24) is 9.80 Å². The molecular weight excluding hydrogens is 343 g/mol. The number of carbonyl (C=O) groups excluding carboxylic acids is 1. The fraction of sp³-hybridized carbons (Fsp3) is 0.316. The zero-order chi connectivity index (χ0) is 17.9. The molecule has 2 rings (SSSR count). The van der Waals surface area contributed by atoms with Crippen molar-refractivity contribution in [3.63, 3.8) is 0 Å². The van der Waals surface area contributed by atoms with E-state index in [1.165, 1.54) is 0 Å². The molecule has 0 aliphatic carbocycles. The van der Waals surface area contributed by atoms with Gasteiger partial charge in [0, 0.05) is 34.3 Å². The van der Waals surface area contributed by atoms with Crippen molar-refractivity contribution in [1.29, 1.82) is 0 Å². The Hall–Kier alpha value is -1.39. The molecule has 2 aromatic rings. The number of hydrogen-bond acceptors (Lipinski definition) is 3. The quantitative estimate of drug-likeness (QED) is 0.712. The average molecular weight is 365 g/mol. The Morgan fingerprint density at radius 1 is 0.750 bits per heavy atom. The lowest BCUT2D eigenvalue weighted by Gasteiger charge is -2.15. The fourth-order valence-electron chi connectivity index (χ4n) is 2.66. The lowest BCUT2D eigenvalue weighted by Crippen LogP contribution is -2.15. The van der Waals surface area contributed by atoms with Gasteiger partial charge in [-0.25, -0.2) is 0 Å². The minimum Gasteiger partial charge on any atom is -0.305 e. The van der Waals surface area contributed by atoms with E-state index in [4.69, 9.17) is 23.2 Å². The third kappa shape index (κ3) is 5.32. The van der Waals surface area contributed by atoms with Gasteiger partial charge >= 0.3 is 0 Å². The maximum absolute atomic E-state index is 12.9. The molecule has 128 valence electrons. The number of ketones is 1. The van der Waals surface area contributed by atoms with E-state index in [0.717, 1.165) is 24.2 Å². The van der Waals surface area contributed by atoms with Crippen LogP contribution < -0.4 is 0 Å². The summed E-state index contributed by atoms with van der Waals surface area (Å²) in [6, 6.07) is 11.0. The van der Waals surface area contributed by atoms with E-state index in [-0.39, 0.29) is 5.78 Å². The summed E-state index contributed by atoms with van der Waals surface area (Å²) in [6.45, 7) is 1.55. The predicted molar refractivity (Wildman–Crippen MR) is 101 cm³/mol. The van der Waals surface area contributed by atoms with Crippen LogP contribution in [0.3, 0.4) is 0 Å². The van der Waals surface area contributed by atoms with Gasteiger partial charge in [-0.05, 0) is 69.6 Å². The molecule has 0 aliphatic rings. The van der Waals surface area contributed by atoms with Crippen molar-refractivity contribution in [2.24, 2.45) is 0 Å². The summed E-state index contributed by atoms with van der Waals surface area (Å²) in [5, 5.41) is 0.924. The average Bonchev–Trinajstić information content (AvgIpc) is 2.43. The zero-order valence-electron chi connectivity index (χ0n) is 14.4. The van der Waals surface area contributed by atoms with Crippen LogP contribution in [0.25, 0.3) is 0 Å². The zero-order valence-corrected chi connectivity index (χ0v) is 15.9. The second-order valence-electron chi connectivity index (χ2n) is 6.50. The molecule has 0 heterocycles. The van der Waals surface area contributed by atoms with Crippen LogP contribution in [-0.4, -0.2) is 43.8 Å². The Morgan fingerprint density at radius 2 is 1.17 bits per heavy atom. The smallest absolute Gasteiger partial charge is 0.193 e. The highest BCUT2D eigenvalue weighted by Crippen LogP contribution is 2.23. The van der Waals surface area contributed by atoms with Gasteiger partial charge in [0.05, 0.1) is 0 Å². The maximum atomic E-state index is 12.9. The molecule has 0 atom stereocenters. The Kier molecular flexibility index (Phi) is 6.41. The Bertz CT molecular complexity index is 694. The van der Waals surface area contributed by atoms with Gasteiger partial charge in [0.25, 0.3) is 0 Å². The topological polar surface area (TPSA) is 23.6 Å². The molecule has 3 nitrogen and oxygen atoms in total. The number of carbonyl (C=O) groups is 1. The van der Waals surface area contributed by atoms with Crippen molar-refractivity contribution in [2.45, 2.75) is 13.1 Å². The van der Waals surface area contributed by atoms with Gasteiger partial charge < -0.3 is 9.80 Å². The molecule has 2 aromatic carbocycles. The summed E-state index contributed by atoms with van der Waals surface area (Å²) in [5.74, 6) is -0.0694. The van der Waals surface area contributed by atoms with Gasteiger partial charge in [0.2, 0.25) is 0 Å². The minimum atomic E-state index is -0.0694. The molecule has 0 spiro atoms. The second-order valence-corrected chi connectivity index (χ2v) is 7.37. The van der Waals surface area contributed by atoms with Crippen LogP contribution in [0.1, 0.15) is 27.0 Å². The van der Waals surface area contributed by atoms with Gasteiger partial charge in [0.1, 0.15) is 0 Å². The number of nitrogens with zero attached hydrogens (tertiary/aromatic N) is 2. The lowest BCUT2D eigenvalue weighted by atomic mass is 9.98. The van der Waals surface area contributed by atoms with Gasteiger partial charge in [-0.2, -0.15) is 0 Å². The number of hydrogen-bond donors (Lipinski definition) is 0. The van der Waals surface area contributed by atoms with E-state index in [1.54, 1.807) is 18.2 Å². The van der Waals surface area contributed by atoms with Crippen molar-refractivity contribution < 1.29 is 4.79 Å². The van der Waals surface area contributed by atoms with Gasteiger partial charge in [0.15, 0.2) is 5.78 Å². The first-order valence-corrected chi connectivity index (χ1v) is 8.43. The highest BCUT2D eigenvalue weighted by Gasteiger charge is 2.14. The van der Waals surface area contributed by atoms with E-state index < -0.39 is 0 Å². The molecule has 0 aromatic heterocycles. The molecule has 0 saturated carbocycles. The van der Waals surface area contributed by atoms with E-state index in [2.05, 4.69) is 15.9 Å². The SMILES string of the molecule is CN(C)Cc1cc(CN(C)C)cc(C(=O)c2cc(Cl)cc(Cl)c2)c1. The first-order valence-electron chi connectivity index (χ1n) is 7.67. The summed E-state index contributed by atoms with van der Waals surface area (Å²) < 4.78 is 0. The monoisotopic (exact) mass is 364 g/mol. The second kappa shape index (κ2) is 8.13. The van der Waals surface area contributed by atoms with Crippen LogP contribution in [-0.2, 0) is 13.1 Å². The number of rotatable bonds is 6. The molecule has 0 radical (unpaired) electrons. The van der Waals surface area contributed by atoms with Gasteiger partial charge in [-0.1, -0.05) is 29.3 Å². The molecule has 0 bridgehead atoms. The molecule has 24 heavy (non-hydrogen) atoms. The highest BCUT2D eigenvalue weighted by atomic mass is 35.5. The van der Waals surface area contributed by atoms with Crippen LogP contribution >= 0.6 is 23.2 Å². The van der Waals surface area contributed by atoms with Gasteiger partial charge in [-0.15, -0.1) is 0 Å². The third-order valence-corrected chi connectivity index (χ3v) is 3.87. The molecule has 0 amide bonds. The molecule has 0 N–H and O–H groups in total. The van der Waals surface area contributed by atoms with Crippen LogP contribution in [0, 0.1) is 0 Å². The van der Waals surface area contributed by atoms with E-state index in [1.807, 2.05) is 40.3 Å². The Labute approximate surface area is 153 Å². The number of benzene rings is 2. The van der Waals surface area contributed by atoms with Gasteiger partial charge in [-0.3, -0.25) is 4.79 Å². The predicted octanol–water partition coefficient (Wildman–Crippen LogP) is 4.35. The summed E-state index contributed by atoms with van der Waals surface area (Å²) in [7, 11) is 8.04. The van der Waals surface area contributed by atoms with Crippen LogP contribution in [0.2, 0.25) is 10.0 Å². The maximum Gasteiger partial charge on any atom is 0.193 e. The summed E-state index contributed by atoms with van der Waals surface area (Å²) in [6.07, 6.45) is 0. The molecular formula is C19H22Cl2N2O.